The number of anilines is 1. The van der Waals surface area contributed by atoms with Crippen LogP contribution < -0.4 is 10.3 Å². The summed E-state index contributed by atoms with van der Waals surface area (Å²) < 4.78 is 0. The molecule has 1 amide bonds. The molecule has 0 radical (unpaired) electrons. The Balaban J connectivity index is 1.43. The number of rotatable bonds is 4. The van der Waals surface area contributed by atoms with Crippen molar-refractivity contribution >= 4 is 17.8 Å². The van der Waals surface area contributed by atoms with E-state index in [1.54, 1.807) is 30.3 Å². The Morgan fingerprint density at radius 2 is 1.67 bits per heavy atom. The maximum absolute atomic E-state index is 12.4. The Labute approximate surface area is 157 Å². The number of hydrogen-bond donors (Lipinski definition) is 2. The van der Waals surface area contributed by atoms with Gasteiger partial charge >= 0.3 is 0 Å². The zero-order valence-electron chi connectivity index (χ0n) is 14.7. The Hall–Kier alpha value is -3.60. The molecule has 0 bridgehead atoms. The monoisotopic (exact) mass is 357 g/mol. The van der Waals surface area contributed by atoms with E-state index in [0.29, 0.717) is 5.56 Å². The van der Waals surface area contributed by atoms with Gasteiger partial charge in [0.2, 0.25) is 0 Å². The van der Waals surface area contributed by atoms with Gasteiger partial charge in [-0.05, 0) is 59.2 Å². The molecule has 1 aliphatic heterocycles. The van der Waals surface area contributed by atoms with Gasteiger partial charge in [0.25, 0.3) is 5.91 Å². The molecule has 0 aromatic heterocycles. The van der Waals surface area contributed by atoms with Crippen LogP contribution in [0.2, 0.25) is 0 Å². The largest absolute Gasteiger partial charge is 0.508 e. The fraction of sp³-hybridized carbons (Fsp3) is 0.0909. The average molecular weight is 357 g/mol. The van der Waals surface area contributed by atoms with Crippen LogP contribution in [0.1, 0.15) is 27.0 Å². The van der Waals surface area contributed by atoms with Gasteiger partial charge in [0.15, 0.2) is 0 Å². The van der Waals surface area contributed by atoms with E-state index in [2.05, 4.69) is 39.7 Å². The second kappa shape index (κ2) is 7.33. The average Bonchev–Trinajstić information content (AvgIpc) is 3.14. The topological polar surface area (TPSA) is 64.9 Å². The first kappa shape index (κ1) is 16.8. The van der Waals surface area contributed by atoms with Crippen molar-refractivity contribution in [3.8, 4) is 5.75 Å². The lowest BCUT2D eigenvalue weighted by Crippen LogP contribution is -2.19. The van der Waals surface area contributed by atoms with Crippen LogP contribution >= 0.6 is 0 Å². The molecule has 0 spiro atoms. The quantitative estimate of drug-likeness (QED) is 0.553. The van der Waals surface area contributed by atoms with E-state index in [4.69, 9.17) is 0 Å². The molecule has 1 heterocycles. The van der Waals surface area contributed by atoms with Crippen molar-refractivity contribution < 1.29 is 9.90 Å². The molecule has 0 aliphatic carbocycles. The fourth-order valence-electron chi connectivity index (χ4n) is 3.15. The van der Waals surface area contributed by atoms with Gasteiger partial charge in [-0.15, -0.1) is 0 Å². The number of aromatic hydroxyl groups is 1. The fourth-order valence-corrected chi connectivity index (χ4v) is 3.15. The van der Waals surface area contributed by atoms with Gasteiger partial charge in [0.1, 0.15) is 5.75 Å². The minimum atomic E-state index is -0.261. The van der Waals surface area contributed by atoms with Crippen LogP contribution in [0.4, 0.5) is 5.69 Å². The van der Waals surface area contributed by atoms with Gasteiger partial charge in [-0.1, -0.05) is 30.3 Å². The number of hydrogen-bond acceptors (Lipinski definition) is 4. The zero-order valence-corrected chi connectivity index (χ0v) is 14.7. The molecule has 0 fully saturated rings. The molecule has 0 atom stereocenters. The number of phenols is 1. The summed E-state index contributed by atoms with van der Waals surface area (Å²) in [5, 5.41) is 13.3. The van der Waals surface area contributed by atoms with E-state index in [1.807, 2.05) is 18.2 Å². The number of fused-ring (bicyclic) bond motifs is 1. The Bertz CT molecular complexity index is 971. The molecule has 3 aromatic rings. The number of nitrogens with one attached hydrogen (secondary N) is 1. The maximum atomic E-state index is 12.4. The third-order valence-electron chi connectivity index (χ3n) is 4.59. The molecule has 134 valence electrons. The third-order valence-corrected chi connectivity index (χ3v) is 4.59. The van der Waals surface area contributed by atoms with Crippen LogP contribution in [-0.4, -0.2) is 17.2 Å². The lowest BCUT2D eigenvalue weighted by atomic mass is 10.1. The number of hydrazone groups is 1. The van der Waals surface area contributed by atoms with Gasteiger partial charge in [0.05, 0.1) is 6.21 Å². The summed E-state index contributed by atoms with van der Waals surface area (Å²) in [6.45, 7) is 1.69. The molecule has 0 saturated heterocycles. The van der Waals surface area contributed by atoms with E-state index >= 15 is 0 Å². The van der Waals surface area contributed by atoms with Crippen LogP contribution in [0.15, 0.2) is 77.9 Å². The highest BCUT2D eigenvalue weighted by Gasteiger charge is 2.19. The van der Waals surface area contributed by atoms with Gasteiger partial charge in [-0.3, -0.25) is 4.79 Å². The highest BCUT2D eigenvalue weighted by atomic mass is 16.3. The van der Waals surface area contributed by atoms with Crippen molar-refractivity contribution in [3.63, 3.8) is 0 Å². The smallest absolute Gasteiger partial charge is 0.271 e. The standard InChI is InChI=1S/C22H19N3O2/c26-21-10-8-16(9-11-21)13-23-24-22(27)17-6-3-7-20(12-17)25-14-18-4-1-2-5-19(18)15-25/h1-13,26H,14-15H2,(H,24,27)/b23-13-. The second-order valence-corrected chi connectivity index (χ2v) is 6.47. The van der Waals surface area contributed by atoms with E-state index in [0.717, 1.165) is 24.3 Å². The number of phenolic OH excluding ortho intramolecular Hbond substituents is 1. The van der Waals surface area contributed by atoms with Crippen molar-refractivity contribution in [2.45, 2.75) is 13.1 Å². The van der Waals surface area contributed by atoms with Crippen LogP contribution in [0.3, 0.4) is 0 Å². The normalized spacial score (nSPS) is 13.0. The second-order valence-electron chi connectivity index (χ2n) is 6.47. The summed E-state index contributed by atoms with van der Waals surface area (Å²) >= 11 is 0. The van der Waals surface area contributed by atoms with E-state index < -0.39 is 0 Å². The Morgan fingerprint density at radius 1 is 0.963 bits per heavy atom. The Kier molecular flexibility index (Phi) is 4.58. The number of benzene rings is 3. The predicted molar refractivity (Wildman–Crippen MR) is 106 cm³/mol. The van der Waals surface area contributed by atoms with Crippen LogP contribution in [0, 0.1) is 0 Å². The molecule has 5 nitrogen and oxygen atoms in total. The molecule has 4 rings (SSSR count). The molecular weight excluding hydrogens is 338 g/mol. The van der Waals surface area contributed by atoms with Crippen molar-refractivity contribution in [1.29, 1.82) is 0 Å². The molecule has 0 saturated carbocycles. The molecule has 3 aromatic carbocycles. The van der Waals surface area contributed by atoms with Gasteiger partial charge in [-0.25, -0.2) is 5.43 Å². The lowest BCUT2D eigenvalue weighted by molar-refractivity contribution is 0.0955. The summed E-state index contributed by atoms with van der Waals surface area (Å²) in [5.41, 5.74) is 7.56. The first-order valence-corrected chi connectivity index (χ1v) is 8.73. The van der Waals surface area contributed by atoms with Crippen LogP contribution in [0.5, 0.6) is 5.75 Å². The van der Waals surface area contributed by atoms with Crippen LogP contribution in [0.25, 0.3) is 0 Å². The van der Waals surface area contributed by atoms with Crippen molar-refractivity contribution in [2.24, 2.45) is 5.10 Å². The minimum absolute atomic E-state index is 0.192. The molecule has 0 unspecified atom stereocenters. The maximum Gasteiger partial charge on any atom is 0.271 e. The van der Waals surface area contributed by atoms with Crippen LogP contribution in [-0.2, 0) is 13.1 Å². The minimum Gasteiger partial charge on any atom is -0.508 e. The molecule has 5 heteroatoms. The SMILES string of the molecule is O=C(N/N=C\c1ccc(O)cc1)c1cccc(N2Cc3ccccc3C2)c1. The number of nitrogens with zero attached hydrogens (tertiary/aromatic N) is 2. The first-order chi connectivity index (χ1) is 13.2. The Morgan fingerprint density at radius 3 is 2.37 bits per heavy atom. The highest BCUT2D eigenvalue weighted by molar-refractivity contribution is 5.95. The summed E-state index contributed by atoms with van der Waals surface area (Å²) in [6.07, 6.45) is 1.54. The highest BCUT2D eigenvalue weighted by Crippen LogP contribution is 2.28. The van der Waals surface area contributed by atoms with Gasteiger partial charge in [-0.2, -0.15) is 5.10 Å². The molecule has 27 heavy (non-hydrogen) atoms. The summed E-state index contributed by atoms with van der Waals surface area (Å²) in [6, 6.07) is 22.5. The molecule has 2 N–H and O–H groups in total. The van der Waals surface area contributed by atoms with Crippen molar-refractivity contribution in [1.82, 2.24) is 5.43 Å². The summed E-state index contributed by atoms with van der Waals surface area (Å²) in [4.78, 5) is 14.6. The molecular formula is C22H19N3O2. The summed E-state index contributed by atoms with van der Waals surface area (Å²) in [7, 11) is 0. The van der Waals surface area contributed by atoms with E-state index in [1.165, 1.54) is 17.3 Å². The lowest BCUT2D eigenvalue weighted by Gasteiger charge is -2.18. The predicted octanol–water partition coefficient (Wildman–Crippen LogP) is 3.68. The molecule has 1 aliphatic rings. The third kappa shape index (κ3) is 3.82. The van der Waals surface area contributed by atoms with Crippen molar-refractivity contribution in [2.75, 3.05) is 4.90 Å². The number of carbonyl (C=O) groups is 1. The number of carbonyl (C=O) groups excluding carboxylic acids is 1. The van der Waals surface area contributed by atoms with Crippen molar-refractivity contribution in [3.05, 3.63) is 95.1 Å². The van der Waals surface area contributed by atoms with E-state index in [9.17, 15) is 9.90 Å². The number of amides is 1. The first-order valence-electron chi connectivity index (χ1n) is 8.73. The summed E-state index contributed by atoms with van der Waals surface area (Å²) in [5.74, 6) is -0.0688. The zero-order chi connectivity index (χ0) is 18.6. The van der Waals surface area contributed by atoms with Gasteiger partial charge in [0, 0.05) is 24.3 Å². The van der Waals surface area contributed by atoms with E-state index in [-0.39, 0.29) is 11.7 Å². The van der Waals surface area contributed by atoms with Gasteiger partial charge < -0.3 is 10.0 Å².